The van der Waals surface area contributed by atoms with Gasteiger partial charge in [-0.1, -0.05) is 17.7 Å². The third kappa shape index (κ3) is 3.23. The summed E-state index contributed by atoms with van der Waals surface area (Å²) in [7, 11) is 4.45. The average molecular weight is 354 g/mol. The standard InChI is InChI=1S/C19H18N2O5/c1-11-5-7-12(8-6-11)18-20-21-19(26-18)16(22)13-9-14(23-2)17(25-4)15(10-13)24-3/h5-10H,1-4H3. The number of hydrogen-bond donors (Lipinski definition) is 0. The van der Waals surface area contributed by atoms with Gasteiger partial charge >= 0.3 is 0 Å². The minimum absolute atomic E-state index is 0.116. The van der Waals surface area contributed by atoms with E-state index in [0.29, 0.717) is 22.8 Å². The van der Waals surface area contributed by atoms with Crippen molar-refractivity contribution in [2.24, 2.45) is 0 Å². The summed E-state index contributed by atoms with van der Waals surface area (Å²) in [6, 6.07) is 10.7. The van der Waals surface area contributed by atoms with Crippen LogP contribution in [0, 0.1) is 6.92 Å². The number of nitrogens with zero attached hydrogens (tertiary/aromatic N) is 2. The van der Waals surface area contributed by atoms with Crippen molar-refractivity contribution in [1.29, 1.82) is 0 Å². The number of methoxy groups -OCH3 is 3. The minimum Gasteiger partial charge on any atom is -0.493 e. The molecule has 134 valence electrons. The Bertz CT molecular complexity index is 906. The van der Waals surface area contributed by atoms with Gasteiger partial charge in [0.15, 0.2) is 11.5 Å². The SMILES string of the molecule is COc1cc(C(=O)c2nnc(-c3ccc(C)cc3)o2)cc(OC)c1OC. The molecule has 3 aromatic rings. The van der Waals surface area contributed by atoms with E-state index in [1.165, 1.54) is 21.3 Å². The zero-order chi connectivity index (χ0) is 18.7. The first kappa shape index (κ1) is 17.5. The lowest BCUT2D eigenvalue weighted by molar-refractivity contribution is 0.100. The number of aryl methyl sites for hydroxylation is 1. The van der Waals surface area contributed by atoms with Gasteiger partial charge < -0.3 is 18.6 Å². The maximum atomic E-state index is 12.7. The van der Waals surface area contributed by atoms with Gasteiger partial charge in [-0.05, 0) is 31.2 Å². The lowest BCUT2D eigenvalue weighted by Crippen LogP contribution is -2.04. The second-order valence-electron chi connectivity index (χ2n) is 5.52. The molecule has 0 aliphatic carbocycles. The molecule has 0 N–H and O–H groups in total. The van der Waals surface area contributed by atoms with E-state index in [0.717, 1.165) is 11.1 Å². The topological polar surface area (TPSA) is 83.7 Å². The summed E-state index contributed by atoms with van der Waals surface area (Å²) < 4.78 is 21.3. The number of aromatic nitrogens is 2. The normalized spacial score (nSPS) is 10.5. The molecule has 0 bridgehead atoms. The van der Waals surface area contributed by atoms with Crippen LogP contribution in [0.2, 0.25) is 0 Å². The van der Waals surface area contributed by atoms with Crippen LogP contribution in [0.4, 0.5) is 0 Å². The summed E-state index contributed by atoms with van der Waals surface area (Å²) >= 11 is 0. The first-order valence-corrected chi connectivity index (χ1v) is 7.82. The molecule has 0 saturated carbocycles. The zero-order valence-electron chi connectivity index (χ0n) is 14.9. The fourth-order valence-corrected chi connectivity index (χ4v) is 2.46. The van der Waals surface area contributed by atoms with Gasteiger partial charge in [-0.3, -0.25) is 4.79 Å². The summed E-state index contributed by atoms with van der Waals surface area (Å²) in [4.78, 5) is 12.7. The highest BCUT2D eigenvalue weighted by atomic mass is 16.5. The molecule has 26 heavy (non-hydrogen) atoms. The smallest absolute Gasteiger partial charge is 0.289 e. The molecular weight excluding hydrogens is 336 g/mol. The van der Waals surface area contributed by atoms with Crippen LogP contribution in [0.25, 0.3) is 11.5 Å². The first-order valence-electron chi connectivity index (χ1n) is 7.82. The number of ketones is 1. The number of rotatable bonds is 6. The third-order valence-corrected chi connectivity index (χ3v) is 3.84. The van der Waals surface area contributed by atoms with Crippen LogP contribution in [-0.2, 0) is 0 Å². The van der Waals surface area contributed by atoms with Crippen molar-refractivity contribution in [2.45, 2.75) is 6.92 Å². The molecule has 0 unspecified atom stereocenters. The molecule has 3 rings (SSSR count). The number of carbonyl (C=O) groups is 1. The Hall–Kier alpha value is -3.35. The van der Waals surface area contributed by atoms with Gasteiger partial charge in [0.2, 0.25) is 17.4 Å². The van der Waals surface area contributed by atoms with Gasteiger partial charge in [0, 0.05) is 11.1 Å². The van der Waals surface area contributed by atoms with Crippen LogP contribution in [0.1, 0.15) is 21.8 Å². The van der Waals surface area contributed by atoms with Crippen molar-refractivity contribution < 1.29 is 23.4 Å². The van der Waals surface area contributed by atoms with Crippen molar-refractivity contribution in [2.75, 3.05) is 21.3 Å². The van der Waals surface area contributed by atoms with E-state index in [2.05, 4.69) is 10.2 Å². The number of carbonyl (C=O) groups excluding carboxylic acids is 1. The molecule has 2 aromatic carbocycles. The maximum Gasteiger partial charge on any atom is 0.289 e. The van der Waals surface area contributed by atoms with Crippen LogP contribution < -0.4 is 14.2 Å². The Morgan fingerprint density at radius 2 is 1.54 bits per heavy atom. The Morgan fingerprint density at radius 3 is 2.08 bits per heavy atom. The molecule has 0 atom stereocenters. The molecule has 0 saturated heterocycles. The molecule has 0 fully saturated rings. The fourth-order valence-electron chi connectivity index (χ4n) is 2.46. The van der Waals surface area contributed by atoms with Crippen LogP contribution >= 0.6 is 0 Å². The number of ether oxygens (including phenoxy) is 3. The summed E-state index contributed by atoms with van der Waals surface area (Å²) in [5, 5.41) is 7.82. The summed E-state index contributed by atoms with van der Waals surface area (Å²) in [5.41, 5.74) is 2.15. The summed E-state index contributed by atoms with van der Waals surface area (Å²) in [6.45, 7) is 1.98. The van der Waals surface area contributed by atoms with Crippen molar-refractivity contribution in [3.63, 3.8) is 0 Å². The maximum absolute atomic E-state index is 12.7. The molecule has 0 amide bonds. The van der Waals surface area contributed by atoms with Gasteiger partial charge in [-0.25, -0.2) is 0 Å². The Balaban J connectivity index is 1.96. The predicted molar refractivity (Wildman–Crippen MR) is 94.0 cm³/mol. The molecule has 0 aliphatic rings. The highest BCUT2D eigenvalue weighted by molar-refractivity contribution is 6.06. The molecule has 7 heteroatoms. The minimum atomic E-state index is -0.435. The summed E-state index contributed by atoms with van der Waals surface area (Å²) in [6.07, 6.45) is 0. The van der Waals surface area contributed by atoms with E-state index >= 15 is 0 Å². The Kier molecular flexibility index (Phi) is 4.88. The average Bonchev–Trinajstić information content (AvgIpc) is 3.16. The van der Waals surface area contributed by atoms with E-state index in [9.17, 15) is 4.79 Å². The van der Waals surface area contributed by atoms with Crippen LogP contribution in [-0.4, -0.2) is 37.3 Å². The molecule has 0 spiro atoms. The van der Waals surface area contributed by atoms with E-state index in [1.54, 1.807) is 12.1 Å². The largest absolute Gasteiger partial charge is 0.493 e. The fraction of sp³-hybridized carbons (Fsp3) is 0.211. The van der Waals surface area contributed by atoms with Crippen molar-refractivity contribution in [3.05, 3.63) is 53.4 Å². The van der Waals surface area contributed by atoms with Crippen molar-refractivity contribution >= 4 is 5.78 Å². The lowest BCUT2D eigenvalue weighted by atomic mass is 10.1. The second-order valence-corrected chi connectivity index (χ2v) is 5.52. The predicted octanol–water partition coefficient (Wildman–Crippen LogP) is 3.30. The highest BCUT2D eigenvalue weighted by Crippen LogP contribution is 2.38. The van der Waals surface area contributed by atoms with Crippen molar-refractivity contribution in [3.8, 4) is 28.7 Å². The molecule has 0 aliphatic heterocycles. The van der Waals surface area contributed by atoms with Gasteiger partial charge in [0.1, 0.15) is 0 Å². The molecular formula is C19H18N2O5. The summed E-state index contributed by atoms with van der Waals surface area (Å²) in [5.74, 6) is 0.866. The van der Waals surface area contributed by atoms with Crippen LogP contribution in [0.5, 0.6) is 17.2 Å². The van der Waals surface area contributed by atoms with Crippen LogP contribution in [0.3, 0.4) is 0 Å². The zero-order valence-corrected chi connectivity index (χ0v) is 14.9. The highest BCUT2D eigenvalue weighted by Gasteiger charge is 2.22. The molecule has 7 nitrogen and oxygen atoms in total. The first-order chi connectivity index (χ1) is 12.6. The third-order valence-electron chi connectivity index (χ3n) is 3.84. The van der Waals surface area contributed by atoms with E-state index < -0.39 is 5.78 Å². The molecule has 1 heterocycles. The van der Waals surface area contributed by atoms with E-state index in [-0.39, 0.29) is 11.8 Å². The molecule has 0 radical (unpaired) electrons. The Morgan fingerprint density at radius 1 is 0.923 bits per heavy atom. The second kappa shape index (κ2) is 7.26. The lowest BCUT2D eigenvalue weighted by Gasteiger charge is -2.13. The molecule has 1 aromatic heterocycles. The van der Waals surface area contributed by atoms with Gasteiger partial charge in [-0.15, -0.1) is 10.2 Å². The van der Waals surface area contributed by atoms with Gasteiger partial charge in [0.05, 0.1) is 21.3 Å². The monoisotopic (exact) mass is 354 g/mol. The van der Waals surface area contributed by atoms with Gasteiger partial charge in [-0.2, -0.15) is 0 Å². The van der Waals surface area contributed by atoms with Crippen LogP contribution in [0.15, 0.2) is 40.8 Å². The van der Waals surface area contributed by atoms with Crippen molar-refractivity contribution in [1.82, 2.24) is 10.2 Å². The van der Waals surface area contributed by atoms with Gasteiger partial charge in [0.25, 0.3) is 5.89 Å². The quantitative estimate of drug-likeness (QED) is 0.628. The number of hydrogen-bond acceptors (Lipinski definition) is 7. The van der Waals surface area contributed by atoms with E-state index in [1.807, 2.05) is 31.2 Å². The Labute approximate surface area is 150 Å². The number of benzene rings is 2. The van der Waals surface area contributed by atoms with E-state index in [4.69, 9.17) is 18.6 Å².